The molecule has 0 spiro atoms. The molecule has 1 atom stereocenters. The van der Waals surface area contributed by atoms with Gasteiger partial charge >= 0.3 is 6.09 Å². The Morgan fingerprint density at radius 2 is 2.05 bits per heavy atom. The maximum absolute atomic E-state index is 12.0. The van der Waals surface area contributed by atoms with Crippen LogP contribution in [0.15, 0.2) is 24.3 Å². The van der Waals surface area contributed by atoms with Gasteiger partial charge in [0.15, 0.2) is 0 Å². The number of carbonyl (C=O) groups is 1. The number of hydrogen-bond acceptors (Lipinski definition) is 3. The summed E-state index contributed by atoms with van der Waals surface area (Å²) < 4.78 is 5.38. The lowest BCUT2D eigenvalue weighted by Crippen LogP contribution is -2.49. The molecule has 1 aromatic carbocycles. The number of benzene rings is 1. The lowest BCUT2D eigenvalue weighted by atomic mass is 10.1. The van der Waals surface area contributed by atoms with Crippen LogP contribution in [0.5, 0.6) is 0 Å². The summed E-state index contributed by atoms with van der Waals surface area (Å²) in [5, 5.41) is 0.894. The first-order valence-electron chi connectivity index (χ1n) is 6.21. The predicted octanol–water partition coefficient (Wildman–Crippen LogP) is 4.15. The summed E-state index contributed by atoms with van der Waals surface area (Å²) in [6.07, 6.45) is 0.589. The molecule has 19 heavy (non-hydrogen) atoms. The van der Waals surface area contributed by atoms with Crippen molar-refractivity contribution in [2.75, 3.05) is 5.88 Å². The number of rotatable bonds is 2. The highest BCUT2D eigenvalue weighted by Gasteiger charge is 2.35. The average molecular weight is 300 g/mol. The van der Waals surface area contributed by atoms with Crippen molar-refractivity contribution in [2.45, 2.75) is 38.2 Å². The van der Waals surface area contributed by atoms with Crippen LogP contribution >= 0.6 is 23.4 Å². The molecule has 1 aromatic rings. The van der Waals surface area contributed by atoms with Crippen molar-refractivity contribution in [3.63, 3.8) is 0 Å². The second-order valence-corrected chi connectivity index (χ2v) is 7.10. The topological polar surface area (TPSA) is 29.5 Å². The zero-order valence-electron chi connectivity index (χ0n) is 11.4. The summed E-state index contributed by atoms with van der Waals surface area (Å²) in [4.78, 5) is 13.7. The molecule has 0 saturated carbocycles. The number of nitrogens with zero attached hydrogens (tertiary/aromatic N) is 1. The van der Waals surface area contributed by atoms with Gasteiger partial charge in [-0.2, -0.15) is 0 Å². The van der Waals surface area contributed by atoms with Crippen LogP contribution in [0, 0.1) is 0 Å². The van der Waals surface area contributed by atoms with Gasteiger partial charge in [0.25, 0.3) is 0 Å². The summed E-state index contributed by atoms with van der Waals surface area (Å²) in [6, 6.07) is 7.74. The number of hydrogen-bond donors (Lipinski definition) is 0. The van der Waals surface area contributed by atoms with Gasteiger partial charge in [0.2, 0.25) is 0 Å². The third-order valence-electron chi connectivity index (χ3n) is 2.71. The fourth-order valence-corrected chi connectivity index (χ4v) is 2.87. The third kappa shape index (κ3) is 4.05. The highest BCUT2D eigenvalue weighted by molar-refractivity contribution is 8.01. The molecule has 1 aliphatic heterocycles. The summed E-state index contributed by atoms with van der Waals surface area (Å²) in [7, 11) is 0. The van der Waals surface area contributed by atoms with E-state index in [9.17, 15) is 4.79 Å². The number of ether oxygens (including phenoxy) is 1. The van der Waals surface area contributed by atoms with Crippen molar-refractivity contribution in [2.24, 2.45) is 0 Å². The third-order valence-corrected chi connectivity index (χ3v) is 4.19. The number of carbonyl (C=O) groups excluding carboxylic acids is 1. The molecule has 0 bridgehead atoms. The van der Waals surface area contributed by atoms with Gasteiger partial charge in [0.05, 0.1) is 11.3 Å². The molecule has 1 fully saturated rings. The minimum absolute atomic E-state index is 0.163. The van der Waals surface area contributed by atoms with Crippen LogP contribution in [-0.2, 0) is 11.2 Å². The molecular formula is C14H18ClNO2S. The number of halogens is 1. The van der Waals surface area contributed by atoms with E-state index in [0.717, 1.165) is 11.4 Å². The summed E-state index contributed by atoms with van der Waals surface area (Å²) in [5.74, 6) is 0.702. The molecule has 104 valence electrons. The van der Waals surface area contributed by atoms with E-state index in [1.807, 2.05) is 45.0 Å². The largest absolute Gasteiger partial charge is 0.444 e. The molecule has 0 radical (unpaired) electrons. The molecule has 1 aliphatic rings. The van der Waals surface area contributed by atoms with Crippen LogP contribution in [0.1, 0.15) is 26.3 Å². The maximum Gasteiger partial charge on any atom is 0.411 e. The Morgan fingerprint density at radius 1 is 1.42 bits per heavy atom. The molecule has 3 nitrogen and oxygen atoms in total. The molecule has 5 heteroatoms. The van der Waals surface area contributed by atoms with Crippen LogP contribution < -0.4 is 0 Å². The molecule has 2 rings (SSSR count). The minimum atomic E-state index is -0.442. The predicted molar refractivity (Wildman–Crippen MR) is 79.5 cm³/mol. The van der Waals surface area contributed by atoms with Crippen LogP contribution in [0.2, 0.25) is 5.02 Å². The molecule has 1 amide bonds. The van der Waals surface area contributed by atoms with Crippen molar-refractivity contribution >= 4 is 29.5 Å². The maximum atomic E-state index is 12.0. The van der Waals surface area contributed by atoms with E-state index in [1.54, 1.807) is 16.7 Å². The van der Waals surface area contributed by atoms with Crippen molar-refractivity contribution in [3.8, 4) is 0 Å². The van der Waals surface area contributed by atoms with Gasteiger partial charge < -0.3 is 4.74 Å². The lowest BCUT2D eigenvalue weighted by molar-refractivity contribution is 0.0236. The van der Waals surface area contributed by atoms with Gasteiger partial charge in [-0.3, -0.25) is 4.90 Å². The molecule has 0 aliphatic carbocycles. The SMILES string of the molecule is CC(C)(C)OC(=O)N1CS[C@@H]1Cc1ccc(Cl)cc1. The highest BCUT2D eigenvalue weighted by Crippen LogP contribution is 2.33. The number of thioether (sulfide) groups is 1. The van der Waals surface area contributed by atoms with Gasteiger partial charge in [0, 0.05) is 11.4 Å². The fourth-order valence-electron chi connectivity index (χ4n) is 1.74. The van der Waals surface area contributed by atoms with E-state index in [-0.39, 0.29) is 11.5 Å². The first kappa shape index (κ1) is 14.5. The van der Waals surface area contributed by atoms with Gasteiger partial charge in [-0.1, -0.05) is 23.7 Å². The van der Waals surface area contributed by atoms with Crippen LogP contribution in [0.4, 0.5) is 4.79 Å². The van der Waals surface area contributed by atoms with Gasteiger partial charge in [-0.15, -0.1) is 11.8 Å². The van der Waals surface area contributed by atoms with E-state index in [0.29, 0.717) is 5.88 Å². The lowest BCUT2D eigenvalue weighted by Gasteiger charge is -2.40. The number of amides is 1. The quantitative estimate of drug-likeness (QED) is 0.821. The van der Waals surface area contributed by atoms with Gasteiger partial charge in [-0.05, 0) is 38.5 Å². The van der Waals surface area contributed by atoms with Crippen LogP contribution in [0.25, 0.3) is 0 Å². The standard InChI is InChI=1S/C14H18ClNO2S/c1-14(2,3)18-13(17)16-9-19-12(16)8-10-4-6-11(15)7-5-10/h4-7,12H,8-9H2,1-3H3/t12-/m1/s1. The van der Waals surface area contributed by atoms with E-state index >= 15 is 0 Å². The van der Waals surface area contributed by atoms with Crippen LogP contribution in [0.3, 0.4) is 0 Å². The zero-order chi connectivity index (χ0) is 14.0. The molecule has 1 heterocycles. The Morgan fingerprint density at radius 3 is 2.53 bits per heavy atom. The fraction of sp³-hybridized carbons (Fsp3) is 0.500. The Bertz CT molecular complexity index is 456. The van der Waals surface area contributed by atoms with Crippen molar-refractivity contribution in [3.05, 3.63) is 34.9 Å². The molecule has 0 aromatic heterocycles. The highest BCUT2D eigenvalue weighted by atomic mass is 35.5. The first-order valence-corrected chi connectivity index (χ1v) is 7.63. The van der Waals surface area contributed by atoms with E-state index in [1.165, 1.54) is 5.56 Å². The summed E-state index contributed by atoms with van der Waals surface area (Å²) >= 11 is 7.62. The van der Waals surface area contributed by atoms with Crippen molar-refractivity contribution in [1.82, 2.24) is 4.90 Å². The molecule has 0 unspecified atom stereocenters. The molecule has 1 saturated heterocycles. The minimum Gasteiger partial charge on any atom is -0.444 e. The smallest absolute Gasteiger partial charge is 0.411 e. The normalized spacial score (nSPS) is 18.9. The second kappa shape index (κ2) is 5.63. The Hall–Kier alpha value is -0.870. The Balaban J connectivity index is 1.92. The first-order chi connectivity index (χ1) is 8.85. The van der Waals surface area contributed by atoms with E-state index in [2.05, 4.69) is 0 Å². The second-order valence-electron chi connectivity index (χ2n) is 5.53. The van der Waals surface area contributed by atoms with Crippen molar-refractivity contribution < 1.29 is 9.53 Å². The monoisotopic (exact) mass is 299 g/mol. The summed E-state index contributed by atoms with van der Waals surface area (Å²) in [5.41, 5.74) is 0.734. The summed E-state index contributed by atoms with van der Waals surface area (Å²) in [6.45, 7) is 5.64. The Kier molecular flexibility index (Phi) is 4.31. The van der Waals surface area contributed by atoms with Gasteiger partial charge in [0.1, 0.15) is 5.60 Å². The Labute approximate surface area is 123 Å². The average Bonchev–Trinajstić information content (AvgIpc) is 2.24. The van der Waals surface area contributed by atoms with E-state index in [4.69, 9.17) is 16.3 Å². The molecular weight excluding hydrogens is 282 g/mol. The van der Waals surface area contributed by atoms with Crippen LogP contribution in [-0.4, -0.2) is 27.8 Å². The molecule has 0 N–H and O–H groups in total. The van der Waals surface area contributed by atoms with Gasteiger partial charge in [-0.25, -0.2) is 4.79 Å². The zero-order valence-corrected chi connectivity index (χ0v) is 12.9. The van der Waals surface area contributed by atoms with E-state index < -0.39 is 5.60 Å². The van der Waals surface area contributed by atoms with Crippen molar-refractivity contribution in [1.29, 1.82) is 0 Å².